The number of carbonyl (C=O) groups is 2. The molecule has 1 aliphatic heterocycles. The number of benzene rings is 2. The third-order valence-electron chi connectivity index (χ3n) is 5.94. The Balaban J connectivity index is 1.92. The van der Waals surface area contributed by atoms with Crippen LogP contribution in [0.25, 0.3) is 0 Å². The van der Waals surface area contributed by atoms with Crippen LogP contribution in [-0.2, 0) is 9.59 Å². The molecule has 0 saturated carbocycles. The highest BCUT2D eigenvalue weighted by Crippen LogP contribution is 2.46. The molecule has 1 N–H and O–H groups in total. The lowest BCUT2D eigenvalue weighted by Crippen LogP contribution is -2.30. The zero-order chi connectivity index (χ0) is 22.4. The number of nitrogens with zero attached hydrogens (tertiary/aromatic N) is 1. The molecule has 2 aromatic carbocycles. The third kappa shape index (κ3) is 5.32. The molecule has 2 amide bonds. The normalized spacial score (nSPS) is 17.3. The number of para-hydroxylation sites is 2. The maximum absolute atomic E-state index is 13.0. The van der Waals surface area contributed by atoms with Crippen molar-refractivity contribution in [2.24, 2.45) is 5.92 Å². The van der Waals surface area contributed by atoms with Crippen molar-refractivity contribution in [2.45, 2.75) is 64.7 Å². The summed E-state index contributed by atoms with van der Waals surface area (Å²) < 4.78 is 0. The van der Waals surface area contributed by atoms with Crippen LogP contribution < -0.4 is 10.2 Å². The number of unbranched alkanes of at least 4 members (excludes halogenated alkanes) is 1. The van der Waals surface area contributed by atoms with Crippen LogP contribution in [0.2, 0.25) is 0 Å². The Kier molecular flexibility index (Phi) is 8.19. The van der Waals surface area contributed by atoms with E-state index in [0.717, 1.165) is 48.2 Å². The van der Waals surface area contributed by atoms with E-state index in [0.29, 0.717) is 11.7 Å². The molecule has 0 unspecified atom stereocenters. The molecule has 4 nitrogen and oxygen atoms in total. The van der Waals surface area contributed by atoms with Crippen molar-refractivity contribution < 1.29 is 9.59 Å². The fraction of sp³-hybridized carbons (Fsp3) is 0.462. The van der Waals surface area contributed by atoms with Gasteiger partial charge in [-0.05, 0) is 36.5 Å². The van der Waals surface area contributed by atoms with E-state index in [1.165, 1.54) is 0 Å². The first-order valence-corrected chi connectivity index (χ1v) is 12.4. The summed E-state index contributed by atoms with van der Waals surface area (Å²) in [5, 5.41) is 3.03. The van der Waals surface area contributed by atoms with E-state index in [1.54, 1.807) is 11.8 Å². The van der Waals surface area contributed by atoms with Crippen molar-refractivity contribution in [1.29, 1.82) is 0 Å². The Morgan fingerprint density at radius 1 is 1.13 bits per heavy atom. The largest absolute Gasteiger partial charge is 0.325 e. The second-order valence-electron chi connectivity index (χ2n) is 8.46. The van der Waals surface area contributed by atoms with Gasteiger partial charge in [0.1, 0.15) is 5.37 Å². The van der Waals surface area contributed by atoms with Gasteiger partial charge in [0, 0.05) is 22.9 Å². The van der Waals surface area contributed by atoms with Crippen molar-refractivity contribution in [3.8, 4) is 0 Å². The molecule has 0 aromatic heterocycles. The second kappa shape index (κ2) is 10.9. The van der Waals surface area contributed by atoms with Gasteiger partial charge in [0.15, 0.2) is 0 Å². The number of nitrogens with one attached hydrogen (secondary N) is 1. The zero-order valence-electron chi connectivity index (χ0n) is 19.1. The average molecular weight is 439 g/mol. The molecule has 2 aromatic rings. The highest BCUT2D eigenvalue weighted by Gasteiger charge is 2.36. The lowest BCUT2D eigenvalue weighted by molar-refractivity contribution is -0.120. The van der Waals surface area contributed by atoms with Gasteiger partial charge >= 0.3 is 0 Å². The average Bonchev–Trinajstić information content (AvgIpc) is 3.15. The van der Waals surface area contributed by atoms with E-state index >= 15 is 0 Å². The minimum Gasteiger partial charge on any atom is -0.325 e. The molecule has 3 rings (SSSR count). The van der Waals surface area contributed by atoms with Crippen molar-refractivity contribution >= 4 is 35.0 Å². The smallest absolute Gasteiger partial charge is 0.238 e. The second-order valence-corrected chi connectivity index (χ2v) is 9.53. The molecular weight excluding hydrogens is 404 g/mol. The summed E-state index contributed by atoms with van der Waals surface area (Å²) in [5.74, 6) is 0.955. The molecule has 31 heavy (non-hydrogen) atoms. The van der Waals surface area contributed by atoms with Crippen LogP contribution in [0.5, 0.6) is 0 Å². The van der Waals surface area contributed by atoms with Gasteiger partial charge in [-0.2, -0.15) is 0 Å². The molecule has 0 bridgehead atoms. The first-order valence-electron chi connectivity index (χ1n) is 11.4. The molecule has 0 radical (unpaired) electrons. The van der Waals surface area contributed by atoms with Crippen LogP contribution in [0.3, 0.4) is 0 Å². The molecule has 5 heteroatoms. The van der Waals surface area contributed by atoms with E-state index in [-0.39, 0.29) is 23.1 Å². The predicted octanol–water partition coefficient (Wildman–Crippen LogP) is 6.74. The van der Waals surface area contributed by atoms with Crippen LogP contribution >= 0.6 is 11.8 Å². The van der Waals surface area contributed by atoms with Crippen LogP contribution in [0.15, 0.2) is 48.5 Å². The molecule has 1 aliphatic rings. The van der Waals surface area contributed by atoms with Gasteiger partial charge in [0.2, 0.25) is 11.8 Å². The number of anilines is 2. The Morgan fingerprint density at radius 3 is 2.55 bits per heavy atom. The fourth-order valence-electron chi connectivity index (χ4n) is 4.14. The highest BCUT2D eigenvalue weighted by molar-refractivity contribution is 8.00. The number of amides is 2. The van der Waals surface area contributed by atoms with Crippen molar-refractivity contribution in [3.05, 3.63) is 59.7 Å². The quantitative estimate of drug-likeness (QED) is 0.471. The number of rotatable bonds is 9. The lowest BCUT2D eigenvalue weighted by atomic mass is 9.98. The Morgan fingerprint density at radius 2 is 1.84 bits per heavy atom. The van der Waals surface area contributed by atoms with Gasteiger partial charge in [-0.15, -0.1) is 11.8 Å². The Bertz CT molecular complexity index is 912. The highest BCUT2D eigenvalue weighted by atomic mass is 32.2. The van der Waals surface area contributed by atoms with Crippen LogP contribution in [0, 0.1) is 5.92 Å². The summed E-state index contributed by atoms with van der Waals surface area (Å²) in [4.78, 5) is 27.9. The van der Waals surface area contributed by atoms with Gasteiger partial charge in [-0.3, -0.25) is 14.5 Å². The maximum Gasteiger partial charge on any atom is 0.238 e. The topological polar surface area (TPSA) is 49.4 Å². The van der Waals surface area contributed by atoms with Gasteiger partial charge in [0.25, 0.3) is 0 Å². The molecule has 0 aliphatic carbocycles. The first kappa shape index (κ1) is 23.4. The first-order chi connectivity index (χ1) is 15.0. The monoisotopic (exact) mass is 438 g/mol. The molecule has 1 saturated heterocycles. The van der Waals surface area contributed by atoms with Crippen molar-refractivity contribution in [3.63, 3.8) is 0 Å². The summed E-state index contributed by atoms with van der Waals surface area (Å²) in [7, 11) is 0. The summed E-state index contributed by atoms with van der Waals surface area (Å²) in [6.45, 7) is 8.52. The van der Waals surface area contributed by atoms with E-state index in [9.17, 15) is 9.59 Å². The summed E-state index contributed by atoms with van der Waals surface area (Å²) in [5.41, 5.74) is 3.92. The minimum absolute atomic E-state index is 0.0173. The van der Waals surface area contributed by atoms with Crippen LogP contribution in [0.1, 0.15) is 75.8 Å². The standard InChI is InChI=1S/C26H34N2O2S/c1-5-7-12-19(6-2)25(30)27-22-15-10-8-14-21(22)26-28(24(29)17-31-26)23-16-11-9-13-20(23)18(3)4/h8-11,13-16,18-19,26H,5-7,12,17H2,1-4H3,(H,27,30)/t19-,26+/m0/s1. The zero-order valence-corrected chi connectivity index (χ0v) is 19.9. The van der Waals surface area contributed by atoms with Gasteiger partial charge < -0.3 is 5.32 Å². The summed E-state index contributed by atoms with van der Waals surface area (Å²) in [6.07, 6.45) is 3.88. The fourth-order valence-corrected chi connectivity index (χ4v) is 5.35. The van der Waals surface area contributed by atoms with E-state index in [2.05, 4.69) is 39.1 Å². The van der Waals surface area contributed by atoms with E-state index in [1.807, 2.05) is 47.4 Å². The molecule has 166 valence electrons. The molecule has 1 heterocycles. The SMILES string of the molecule is CCCC[C@H](CC)C(=O)Nc1ccccc1[C@H]1SCC(=O)N1c1ccccc1C(C)C. The number of carbonyl (C=O) groups excluding carboxylic acids is 2. The van der Waals surface area contributed by atoms with Crippen molar-refractivity contribution in [1.82, 2.24) is 0 Å². The van der Waals surface area contributed by atoms with Crippen LogP contribution in [-0.4, -0.2) is 17.6 Å². The minimum atomic E-state index is -0.153. The predicted molar refractivity (Wildman–Crippen MR) is 132 cm³/mol. The molecular formula is C26H34N2O2S. The van der Waals surface area contributed by atoms with Gasteiger partial charge in [0.05, 0.1) is 5.75 Å². The van der Waals surface area contributed by atoms with E-state index < -0.39 is 0 Å². The summed E-state index contributed by atoms with van der Waals surface area (Å²) >= 11 is 1.62. The number of thioether (sulfide) groups is 1. The lowest BCUT2D eigenvalue weighted by Gasteiger charge is -2.29. The molecule has 0 spiro atoms. The van der Waals surface area contributed by atoms with Gasteiger partial charge in [-0.25, -0.2) is 0 Å². The molecule has 1 fully saturated rings. The van der Waals surface area contributed by atoms with Crippen LogP contribution in [0.4, 0.5) is 11.4 Å². The van der Waals surface area contributed by atoms with E-state index in [4.69, 9.17) is 0 Å². The Labute approximate surface area is 190 Å². The maximum atomic E-state index is 13.0. The third-order valence-corrected chi connectivity index (χ3v) is 7.13. The van der Waals surface area contributed by atoms with Gasteiger partial charge in [-0.1, -0.05) is 76.9 Å². The number of hydrogen-bond donors (Lipinski definition) is 1. The molecule has 2 atom stereocenters. The van der Waals surface area contributed by atoms with Crippen molar-refractivity contribution in [2.75, 3.05) is 16.0 Å². The Hall–Kier alpha value is -2.27. The summed E-state index contributed by atoms with van der Waals surface area (Å²) in [6, 6.07) is 16.1. The number of hydrogen-bond acceptors (Lipinski definition) is 3.